The van der Waals surface area contributed by atoms with Crippen LogP contribution in [0.2, 0.25) is 0 Å². The van der Waals surface area contributed by atoms with Gasteiger partial charge in [0.05, 0.1) is 0 Å². The summed E-state index contributed by atoms with van der Waals surface area (Å²) < 4.78 is 30.5. The number of ether oxygens (including phenoxy) is 1. The van der Waals surface area contributed by atoms with Crippen LogP contribution in [0.25, 0.3) is 0 Å². The van der Waals surface area contributed by atoms with Crippen LogP contribution in [0.4, 0.5) is 20.4 Å². The van der Waals surface area contributed by atoms with Gasteiger partial charge in [0.15, 0.2) is 5.69 Å². The third kappa shape index (κ3) is 4.81. The number of hydrogen-bond donors (Lipinski definition) is 2. The Kier molecular flexibility index (Phi) is 6.82. The van der Waals surface area contributed by atoms with Crippen LogP contribution in [0, 0.1) is 6.92 Å². The maximum Gasteiger partial charge on any atom is 0.388 e. The summed E-state index contributed by atoms with van der Waals surface area (Å²) >= 11 is 0. The summed E-state index contributed by atoms with van der Waals surface area (Å²) in [6, 6.07) is 11.9. The fourth-order valence-corrected chi connectivity index (χ4v) is 4.28. The third-order valence-corrected chi connectivity index (χ3v) is 6.05. The molecule has 4 rings (SSSR count). The number of carboxylic acid groups (broad SMARTS) is 1. The maximum absolute atomic E-state index is 13.8. The molecule has 0 atom stereocenters. The Morgan fingerprint density at radius 2 is 1.83 bits per heavy atom. The van der Waals surface area contributed by atoms with Crippen molar-refractivity contribution < 1.29 is 28.2 Å². The number of aryl methyl sites for hydroxylation is 1. The number of nitrogens with zero attached hydrogens (tertiary/aromatic N) is 4. The molecule has 2 N–H and O–H groups in total. The number of alkyl halides is 2. The van der Waals surface area contributed by atoms with Crippen molar-refractivity contribution in [2.24, 2.45) is 0 Å². The molecule has 0 aliphatic carbocycles. The van der Waals surface area contributed by atoms with E-state index >= 15 is 0 Å². The van der Waals surface area contributed by atoms with Crippen molar-refractivity contribution in [2.75, 3.05) is 23.3 Å². The molecule has 0 unspecified atom stereocenters. The first-order chi connectivity index (χ1) is 17.1. The van der Waals surface area contributed by atoms with Gasteiger partial charge in [-0.25, -0.2) is 19.7 Å². The van der Waals surface area contributed by atoms with Crippen LogP contribution in [0.1, 0.15) is 47.1 Å². The number of aromatic nitrogens is 3. The average Bonchev–Trinajstić information content (AvgIpc) is 2.80. The Bertz CT molecular complexity index is 1290. The van der Waals surface area contributed by atoms with Crippen molar-refractivity contribution >= 4 is 23.5 Å². The summed E-state index contributed by atoms with van der Waals surface area (Å²) in [7, 11) is 0. The predicted molar refractivity (Wildman–Crippen MR) is 128 cm³/mol. The van der Waals surface area contributed by atoms with E-state index in [2.05, 4.69) is 25.0 Å². The van der Waals surface area contributed by atoms with Gasteiger partial charge in [-0.05, 0) is 42.2 Å². The minimum Gasteiger partial charge on any atom is -0.477 e. The molecule has 1 aliphatic heterocycles. The molecule has 3 heterocycles. The number of rotatable bonds is 8. The minimum absolute atomic E-state index is 0.0230. The van der Waals surface area contributed by atoms with Gasteiger partial charge in [0.2, 0.25) is 17.7 Å². The molecule has 2 aromatic heterocycles. The van der Waals surface area contributed by atoms with Gasteiger partial charge in [0.1, 0.15) is 11.1 Å². The van der Waals surface area contributed by atoms with Crippen molar-refractivity contribution in [1.82, 2.24) is 15.0 Å². The van der Waals surface area contributed by atoms with Crippen molar-refractivity contribution in [3.05, 3.63) is 71.2 Å². The number of carbonyl (C=O) groups excluding carboxylic acids is 1. The first-order valence-electron chi connectivity index (χ1n) is 11.3. The molecule has 1 saturated heterocycles. The van der Waals surface area contributed by atoms with Crippen LogP contribution in [0.3, 0.4) is 0 Å². The molecule has 3 aromatic rings. The van der Waals surface area contributed by atoms with Crippen LogP contribution in [-0.4, -0.2) is 51.6 Å². The number of halogens is 2. The van der Waals surface area contributed by atoms with Gasteiger partial charge >= 0.3 is 12.6 Å². The summed E-state index contributed by atoms with van der Waals surface area (Å²) in [6.07, 6.45) is 1.35. The van der Waals surface area contributed by atoms with Crippen LogP contribution < -0.4 is 15.0 Å². The summed E-state index contributed by atoms with van der Waals surface area (Å²) in [5.74, 6) is -1.72. The highest BCUT2D eigenvalue weighted by atomic mass is 19.3. The summed E-state index contributed by atoms with van der Waals surface area (Å²) in [5.41, 5.74) is 0.960. The molecule has 0 radical (unpaired) electrons. The quantitative estimate of drug-likeness (QED) is 0.480. The zero-order valence-electron chi connectivity index (χ0n) is 19.9. The van der Waals surface area contributed by atoms with E-state index in [0.29, 0.717) is 5.69 Å². The minimum atomic E-state index is -3.11. The van der Waals surface area contributed by atoms with Gasteiger partial charge in [-0.1, -0.05) is 38.1 Å². The fraction of sp³-hybridized carbons (Fsp3) is 0.320. The lowest BCUT2D eigenvalue weighted by atomic mass is 9.69. The smallest absolute Gasteiger partial charge is 0.388 e. The van der Waals surface area contributed by atoms with E-state index in [9.17, 15) is 23.5 Å². The number of aromatic carboxylic acids is 1. The van der Waals surface area contributed by atoms with E-state index < -0.39 is 23.9 Å². The third-order valence-electron chi connectivity index (χ3n) is 6.05. The molecule has 188 valence electrons. The lowest BCUT2D eigenvalue weighted by molar-refractivity contribution is -0.122. The summed E-state index contributed by atoms with van der Waals surface area (Å²) in [6.45, 7) is 2.84. The molecule has 9 nitrogen and oxygen atoms in total. The topological polar surface area (TPSA) is 118 Å². The van der Waals surface area contributed by atoms with Crippen LogP contribution in [0.15, 0.2) is 48.7 Å². The number of pyridine rings is 1. The SMILES string of the molecule is Cc1ccc(NC(=O)C2(c3ccccc3C(C)C)CN(c3nccc(C(=O)O)n3)C2)c(OC(F)F)n1. The number of anilines is 2. The number of nitrogens with one attached hydrogen (secondary N) is 1. The van der Waals surface area contributed by atoms with Gasteiger partial charge < -0.3 is 20.1 Å². The molecule has 0 saturated carbocycles. The number of carbonyl (C=O) groups is 2. The molecule has 36 heavy (non-hydrogen) atoms. The Balaban J connectivity index is 1.72. The molecule has 1 aromatic carbocycles. The number of carboxylic acids is 1. The van der Waals surface area contributed by atoms with Crippen LogP contribution in [-0.2, 0) is 10.2 Å². The predicted octanol–water partition coefficient (Wildman–Crippen LogP) is 4.00. The second kappa shape index (κ2) is 9.84. The van der Waals surface area contributed by atoms with Gasteiger partial charge in [-0.3, -0.25) is 4.79 Å². The zero-order valence-corrected chi connectivity index (χ0v) is 19.9. The molecule has 0 spiro atoms. The average molecular weight is 498 g/mol. The summed E-state index contributed by atoms with van der Waals surface area (Å²) in [4.78, 5) is 39.1. The van der Waals surface area contributed by atoms with E-state index in [1.807, 2.05) is 38.1 Å². The highest BCUT2D eigenvalue weighted by Crippen LogP contribution is 2.41. The maximum atomic E-state index is 13.8. The van der Waals surface area contributed by atoms with E-state index in [1.165, 1.54) is 18.3 Å². The number of amides is 1. The first kappa shape index (κ1) is 25.0. The van der Waals surface area contributed by atoms with Gasteiger partial charge in [-0.15, -0.1) is 0 Å². The van der Waals surface area contributed by atoms with Gasteiger partial charge in [0, 0.05) is 25.0 Å². The summed E-state index contributed by atoms with van der Waals surface area (Å²) in [5, 5.41) is 12.0. The second-order valence-corrected chi connectivity index (χ2v) is 8.87. The van der Waals surface area contributed by atoms with E-state index in [-0.39, 0.29) is 42.2 Å². The van der Waals surface area contributed by atoms with Gasteiger partial charge in [0.25, 0.3) is 0 Å². The molecular weight excluding hydrogens is 472 g/mol. The van der Waals surface area contributed by atoms with E-state index in [4.69, 9.17) is 0 Å². The van der Waals surface area contributed by atoms with E-state index in [1.54, 1.807) is 17.9 Å². The van der Waals surface area contributed by atoms with Crippen molar-refractivity contribution in [3.63, 3.8) is 0 Å². The lowest BCUT2D eigenvalue weighted by Crippen LogP contribution is -2.66. The molecule has 1 amide bonds. The largest absolute Gasteiger partial charge is 0.477 e. The zero-order chi connectivity index (χ0) is 26.0. The second-order valence-electron chi connectivity index (χ2n) is 8.87. The standard InChI is InChI=1S/C25H25F2N5O4/c1-14(2)16-6-4-5-7-17(16)25(12-32(13-25)24-28-11-10-19(31-24)21(33)34)22(35)30-18-9-8-15(3)29-20(18)36-23(26)27/h4-11,14,23H,12-13H2,1-3H3,(H,30,35)(H,33,34). The molecule has 0 bridgehead atoms. The molecule has 11 heteroatoms. The molecular formula is C25H25F2N5O4. The molecule has 1 aliphatic rings. The Morgan fingerprint density at radius 1 is 1.11 bits per heavy atom. The number of hydrogen-bond acceptors (Lipinski definition) is 7. The normalized spacial score (nSPS) is 14.5. The van der Waals surface area contributed by atoms with Crippen molar-refractivity contribution in [1.29, 1.82) is 0 Å². The van der Waals surface area contributed by atoms with Crippen molar-refractivity contribution in [3.8, 4) is 5.88 Å². The Hall–Kier alpha value is -4.15. The molecule has 1 fully saturated rings. The monoisotopic (exact) mass is 497 g/mol. The lowest BCUT2D eigenvalue weighted by Gasteiger charge is -2.50. The van der Waals surface area contributed by atoms with E-state index in [0.717, 1.165) is 11.1 Å². The highest BCUT2D eigenvalue weighted by molar-refractivity contribution is 6.02. The highest BCUT2D eigenvalue weighted by Gasteiger charge is 2.53. The van der Waals surface area contributed by atoms with Crippen LogP contribution >= 0.6 is 0 Å². The Labute approximate surface area is 206 Å². The first-order valence-corrected chi connectivity index (χ1v) is 11.3. The Morgan fingerprint density at radius 3 is 2.50 bits per heavy atom. The fourth-order valence-electron chi connectivity index (χ4n) is 4.28. The van der Waals surface area contributed by atoms with Gasteiger partial charge in [-0.2, -0.15) is 8.78 Å². The number of benzene rings is 1. The van der Waals surface area contributed by atoms with Crippen molar-refractivity contribution in [2.45, 2.75) is 38.7 Å². The van der Waals surface area contributed by atoms with Crippen LogP contribution in [0.5, 0.6) is 5.88 Å².